The molecule has 1 atom stereocenters. The minimum absolute atomic E-state index is 0.858. The highest BCUT2D eigenvalue weighted by Crippen LogP contribution is 2.90. The topological polar surface area (TPSA) is 0 Å². The number of hydrogen-bond acceptors (Lipinski definition) is 0. The summed E-state index contributed by atoms with van der Waals surface area (Å²) in [5.41, 5.74) is 1.72. The Morgan fingerprint density at radius 1 is 1.08 bits per heavy atom. The molecule has 0 bridgehead atoms. The molecule has 0 saturated heterocycles. The van der Waals surface area contributed by atoms with Gasteiger partial charge in [-0.25, -0.2) is 0 Å². The van der Waals surface area contributed by atoms with Crippen molar-refractivity contribution in [1.29, 1.82) is 0 Å². The van der Waals surface area contributed by atoms with Crippen LogP contribution in [0.4, 0.5) is 0 Å². The van der Waals surface area contributed by atoms with Gasteiger partial charge < -0.3 is 0 Å². The van der Waals surface area contributed by atoms with E-state index in [0.717, 1.165) is 22.7 Å². The summed E-state index contributed by atoms with van der Waals surface area (Å²) in [6, 6.07) is 0. The highest BCUT2D eigenvalue weighted by molar-refractivity contribution is 5.31. The first-order valence-corrected chi connectivity index (χ1v) is 6.06. The van der Waals surface area contributed by atoms with Crippen molar-refractivity contribution < 1.29 is 0 Å². The average molecular weight is 180 g/mol. The van der Waals surface area contributed by atoms with Crippen LogP contribution in [-0.4, -0.2) is 0 Å². The molecule has 2 aliphatic rings. The molecule has 76 valence electrons. The van der Waals surface area contributed by atoms with Crippen LogP contribution in [-0.2, 0) is 0 Å². The second kappa shape index (κ2) is 2.74. The zero-order valence-electron chi connectivity index (χ0n) is 9.69. The van der Waals surface area contributed by atoms with E-state index in [2.05, 4.69) is 27.7 Å². The molecule has 1 unspecified atom stereocenters. The highest BCUT2D eigenvalue weighted by atomic mass is 14.9. The molecular formula is C13H24. The monoisotopic (exact) mass is 180 g/mol. The molecule has 2 saturated carbocycles. The Bertz CT molecular complexity index is 196. The van der Waals surface area contributed by atoms with Gasteiger partial charge in [0.2, 0.25) is 0 Å². The molecule has 0 aromatic rings. The van der Waals surface area contributed by atoms with Crippen molar-refractivity contribution in [3.05, 3.63) is 0 Å². The Morgan fingerprint density at radius 2 is 1.69 bits per heavy atom. The van der Waals surface area contributed by atoms with E-state index in [0.29, 0.717) is 0 Å². The van der Waals surface area contributed by atoms with Crippen molar-refractivity contribution in [3.8, 4) is 0 Å². The summed E-state index contributed by atoms with van der Waals surface area (Å²) in [4.78, 5) is 0. The van der Waals surface area contributed by atoms with Gasteiger partial charge in [0, 0.05) is 0 Å². The van der Waals surface area contributed by atoms with Crippen LogP contribution in [0.3, 0.4) is 0 Å². The fourth-order valence-electron chi connectivity index (χ4n) is 3.40. The zero-order valence-corrected chi connectivity index (χ0v) is 9.69. The van der Waals surface area contributed by atoms with Gasteiger partial charge in [-0.1, -0.05) is 34.1 Å². The highest BCUT2D eigenvalue weighted by Gasteiger charge is 2.82. The van der Waals surface area contributed by atoms with Crippen LogP contribution in [0, 0.1) is 22.7 Å². The van der Waals surface area contributed by atoms with Crippen molar-refractivity contribution in [2.75, 3.05) is 0 Å². The predicted molar refractivity (Wildman–Crippen MR) is 57.6 cm³/mol. The van der Waals surface area contributed by atoms with Gasteiger partial charge in [-0.15, -0.1) is 0 Å². The summed E-state index contributed by atoms with van der Waals surface area (Å²) in [5.74, 6) is 1.90. The number of fused-ring (bicyclic) bond motifs is 1. The summed E-state index contributed by atoms with van der Waals surface area (Å²) in [6.45, 7) is 9.56. The lowest BCUT2D eigenvalue weighted by Gasteiger charge is -2.15. The quantitative estimate of drug-likeness (QED) is 0.593. The first kappa shape index (κ1) is 9.55. The molecular weight excluding hydrogens is 156 g/mol. The van der Waals surface area contributed by atoms with Gasteiger partial charge >= 0.3 is 0 Å². The molecule has 0 N–H and O–H groups in total. The molecule has 13 heavy (non-hydrogen) atoms. The molecule has 2 aliphatic carbocycles. The third-order valence-electron chi connectivity index (χ3n) is 4.91. The zero-order chi connectivity index (χ0) is 9.69. The van der Waals surface area contributed by atoms with Gasteiger partial charge in [-0.05, 0) is 48.3 Å². The van der Waals surface area contributed by atoms with E-state index < -0.39 is 0 Å². The molecule has 0 spiro atoms. The molecule has 0 aliphatic heterocycles. The Balaban J connectivity index is 1.78. The summed E-state index contributed by atoms with van der Waals surface area (Å²) < 4.78 is 0. The molecule has 0 heteroatoms. The minimum atomic E-state index is 0.858. The Kier molecular flexibility index (Phi) is 2.02. The number of hydrogen-bond donors (Lipinski definition) is 0. The fourth-order valence-corrected chi connectivity index (χ4v) is 3.40. The molecule has 2 rings (SSSR count). The summed E-state index contributed by atoms with van der Waals surface area (Å²) in [6.07, 6.45) is 7.48. The van der Waals surface area contributed by atoms with Crippen molar-refractivity contribution in [2.24, 2.45) is 22.7 Å². The largest absolute Gasteiger partial charge is 0.0648 e. The van der Waals surface area contributed by atoms with Gasteiger partial charge in [0.25, 0.3) is 0 Å². The minimum Gasteiger partial charge on any atom is -0.0648 e. The van der Waals surface area contributed by atoms with Crippen LogP contribution in [0.2, 0.25) is 0 Å². The van der Waals surface area contributed by atoms with Gasteiger partial charge in [-0.3, -0.25) is 0 Å². The SMILES string of the molecule is CCC12CC1(C(C)CCC(C)C)C2. The van der Waals surface area contributed by atoms with Crippen molar-refractivity contribution >= 4 is 0 Å². The van der Waals surface area contributed by atoms with Gasteiger partial charge in [0.1, 0.15) is 0 Å². The molecule has 0 heterocycles. The maximum Gasteiger partial charge on any atom is -0.0204 e. The Labute approximate surface area is 83.1 Å². The van der Waals surface area contributed by atoms with Crippen LogP contribution in [0.1, 0.15) is 59.8 Å². The van der Waals surface area contributed by atoms with Crippen molar-refractivity contribution in [3.63, 3.8) is 0 Å². The third kappa shape index (κ3) is 1.25. The van der Waals surface area contributed by atoms with Gasteiger partial charge in [0.05, 0.1) is 0 Å². The van der Waals surface area contributed by atoms with E-state index in [4.69, 9.17) is 0 Å². The maximum absolute atomic E-state index is 2.49. The average Bonchev–Trinajstić information content (AvgIpc) is 2.84. The maximum atomic E-state index is 2.49. The van der Waals surface area contributed by atoms with Crippen molar-refractivity contribution in [1.82, 2.24) is 0 Å². The smallest absolute Gasteiger partial charge is 0.0204 e. The molecule has 2 fully saturated rings. The first-order valence-electron chi connectivity index (χ1n) is 6.06. The predicted octanol–water partition coefficient (Wildman–Crippen LogP) is 4.25. The fraction of sp³-hybridized carbons (Fsp3) is 1.00. The van der Waals surface area contributed by atoms with Crippen molar-refractivity contribution in [2.45, 2.75) is 59.8 Å². The second-order valence-corrected chi connectivity index (χ2v) is 6.02. The second-order valence-electron chi connectivity index (χ2n) is 6.02. The Morgan fingerprint density at radius 3 is 2.08 bits per heavy atom. The van der Waals surface area contributed by atoms with E-state index in [9.17, 15) is 0 Å². The standard InChI is InChI=1S/C13H24/c1-5-12-8-13(12,9-12)11(4)7-6-10(2)3/h10-11H,5-9H2,1-4H3. The van der Waals surface area contributed by atoms with Crippen LogP contribution in [0.5, 0.6) is 0 Å². The normalized spacial score (nSPS) is 43.2. The van der Waals surface area contributed by atoms with E-state index >= 15 is 0 Å². The third-order valence-corrected chi connectivity index (χ3v) is 4.91. The summed E-state index contributed by atoms with van der Waals surface area (Å²) in [7, 11) is 0. The molecule has 0 amide bonds. The summed E-state index contributed by atoms with van der Waals surface area (Å²) >= 11 is 0. The Hall–Kier alpha value is 0. The van der Waals surface area contributed by atoms with Gasteiger partial charge in [0.15, 0.2) is 0 Å². The molecule has 0 aromatic heterocycles. The molecule has 0 nitrogen and oxygen atoms in total. The first-order chi connectivity index (χ1) is 6.06. The van der Waals surface area contributed by atoms with Crippen LogP contribution in [0.15, 0.2) is 0 Å². The van der Waals surface area contributed by atoms with E-state index in [1.54, 1.807) is 12.8 Å². The lowest BCUT2D eigenvalue weighted by atomic mass is 9.90. The summed E-state index contributed by atoms with van der Waals surface area (Å²) in [5, 5.41) is 0. The van der Waals surface area contributed by atoms with Crippen LogP contribution < -0.4 is 0 Å². The van der Waals surface area contributed by atoms with Crippen LogP contribution in [0.25, 0.3) is 0 Å². The molecule has 0 aromatic carbocycles. The molecule has 0 radical (unpaired) electrons. The number of rotatable bonds is 5. The lowest BCUT2D eigenvalue weighted by Crippen LogP contribution is -2.05. The van der Waals surface area contributed by atoms with Crippen LogP contribution >= 0.6 is 0 Å². The lowest BCUT2D eigenvalue weighted by molar-refractivity contribution is 0.356. The van der Waals surface area contributed by atoms with E-state index in [1.807, 2.05) is 0 Å². The van der Waals surface area contributed by atoms with E-state index in [-0.39, 0.29) is 0 Å². The van der Waals surface area contributed by atoms with E-state index in [1.165, 1.54) is 19.3 Å². The van der Waals surface area contributed by atoms with Gasteiger partial charge in [-0.2, -0.15) is 0 Å².